The molecule has 58 heavy (non-hydrogen) atoms. The first-order valence-electron chi connectivity index (χ1n) is 20.7. The minimum absolute atomic E-state index is 0.294. The highest BCUT2D eigenvalue weighted by Crippen LogP contribution is 2.53. The third-order valence-electron chi connectivity index (χ3n) is 13.0. The van der Waals surface area contributed by atoms with Gasteiger partial charge in [-0.2, -0.15) is 0 Å². The maximum Gasteiger partial charge on any atom is 0.0582 e. The van der Waals surface area contributed by atoms with Crippen molar-refractivity contribution in [3.63, 3.8) is 0 Å². The Kier molecular flexibility index (Phi) is 7.72. The minimum atomic E-state index is 0.294. The van der Waals surface area contributed by atoms with Crippen LogP contribution in [0.1, 0.15) is 59.1 Å². The van der Waals surface area contributed by atoms with Gasteiger partial charge in [-0.1, -0.05) is 133 Å². The van der Waals surface area contributed by atoms with Crippen LogP contribution in [0.15, 0.2) is 158 Å². The standard InChI is InChI=1S/C56H46N2/c1-33-23-34(2)26-41(25-33)39-18-22-53-49(29-39)46-20-19-45-48-32-54-51(31-47(48)37(5)38(6)55(45)56(46)58(53)44-15-11-8-12-16-44)50-30-40(42-27-35(3)24-36(4)28-42)17-21-52(50)57(54)43-13-9-7-10-14-43/h7-32,37-38H,1-6H3. The highest BCUT2D eigenvalue weighted by molar-refractivity contribution is 6.15. The highest BCUT2D eigenvalue weighted by Gasteiger charge is 2.33. The van der Waals surface area contributed by atoms with Gasteiger partial charge >= 0.3 is 0 Å². The van der Waals surface area contributed by atoms with Crippen LogP contribution in [0.25, 0.3) is 88.4 Å². The molecule has 2 heteroatoms. The Bertz CT molecular complexity index is 3180. The molecular weight excluding hydrogens is 701 g/mol. The largest absolute Gasteiger partial charge is 0.309 e. The predicted octanol–water partition coefficient (Wildman–Crippen LogP) is 15.3. The summed E-state index contributed by atoms with van der Waals surface area (Å²) in [5.41, 5.74) is 23.2. The van der Waals surface area contributed by atoms with Crippen LogP contribution in [0, 0.1) is 27.7 Å². The molecule has 0 saturated carbocycles. The molecular formula is C56H46N2. The van der Waals surface area contributed by atoms with Crippen LogP contribution in [0.2, 0.25) is 0 Å². The van der Waals surface area contributed by atoms with Gasteiger partial charge in [0, 0.05) is 32.9 Å². The molecule has 2 atom stereocenters. The fourth-order valence-electron chi connectivity index (χ4n) is 10.4. The van der Waals surface area contributed by atoms with Crippen LogP contribution in [0.5, 0.6) is 0 Å². The maximum atomic E-state index is 2.54. The van der Waals surface area contributed by atoms with Gasteiger partial charge < -0.3 is 9.13 Å². The number of aryl methyl sites for hydroxylation is 4. The molecule has 11 rings (SSSR count). The van der Waals surface area contributed by atoms with Crippen molar-refractivity contribution in [3.8, 4) is 44.8 Å². The molecule has 0 radical (unpaired) electrons. The quantitative estimate of drug-likeness (QED) is 0.170. The molecule has 2 nitrogen and oxygen atoms in total. The molecule has 2 unspecified atom stereocenters. The summed E-state index contributed by atoms with van der Waals surface area (Å²) in [7, 11) is 0. The van der Waals surface area contributed by atoms with E-state index in [9.17, 15) is 0 Å². The zero-order valence-electron chi connectivity index (χ0n) is 34.1. The van der Waals surface area contributed by atoms with Crippen molar-refractivity contribution in [3.05, 3.63) is 191 Å². The van der Waals surface area contributed by atoms with Gasteiger partial charge in [-0.05, 0) is 145 Å². The van der Waals surface area contributed by atoms with Crippen LogP contribution < -0.4 is 0 Å². The molecule has 2 aromatic heterocycles. The van der Waals surface area contributed by atoms with E-state index in [2.05, 4.69) is 208 Å². The van der Waals surface area contributed by atoms with Crippen LogP contribution in [0.4, 0.5) is 0 Å². The van der Waals surface area contributed by atoms with Gasteiger partial charge in [0.15, 0.2) is 0 Å². The number of para-hydroxylation sites is 2. The Labute approximate surface area is 340 Å². The first kappa shape index (κ1) is 34.6. The van der Waals surface area contributed by atoms with E-state index >= 15 is 0 Å². The van der Waals surface area contributed by atoms with Crippen LogP contribution in [-0.4, -0.2) is 9.13 Å². The van der Waals surface area contributed by atoms with Crippen molar-refractivity contribution in [2.75, 3.05) is 0 Å². The summed E-state index contributed by atoms with van der Waals surface area (Å²) < 4.78 is 5.02. The molecule has 0 amide bonds. The lowest BCUT2D eigenvalue weighted by molar-refractivity contribution is 0.619. The Hall–Kier alpha value is -6.64. The van der Waals surface area contributed by atoms with E-state index in [-0.39, 0.29) is 0 Å². The number of nitrogens with zero attached hydrogens (tertiary/aromatic N) is 2. The minimum Gasteiger partial charge on any atom is -0.309 e. The molecule has 0 saturated heterocycles. The van der Waals surface area contributed by atoms with Crippen LogP contribution in [-0.2, 0) is 0 Å². The Morgan fingerprint density at radius 1 is 0.362 bits per heavy atom. The van der Waals surface area contributed by atoms with Crippen LogP contribution in [0.3, 0.4) is 0 Å². The highest BCUT2D eigenvalue weighted by atomic mass is 15.0. The van der Waals surface area contributed by atoms with E-state index in [1.165, 1.54) is 122 Å². The lowest BCUT2D eigenvalue weighted by Gasteiger charge is -2.33. The molecule has 8 aromatic carbocycles. The van der Waals surface area contributed by atoms with Crippen molar-refractivity contribution in [1.29, 1.82) is 0 Å². The summed E-state index contributed by atoms with van der Waals surface area (Å²) in [6.07, 6.45) is 0. The molecule has 10 aromatic rings. The number of fused-ring (bicyclic) bond motifs is 10. The summed E-state index contributed by atoms with van der Waals surface area (Å²) in [5.74, 6) is 0.603. The summed E-state index contributed by atoms with van der Waals surface area (Å²) in [5, 5.41) is 5.21. The molecule has 280 valence electrons. The lowest BCUT2D eigenvalue weighted by Crippen LogP contribution is -2.15. The zero-order chi connectivity index (χ0) is 39.4. The van der Waals surface area contributed by atoms with Crippen molar-refractivity contribution in [2.45, 2.75) is 53.4 Å². The van der Waals surface area contributed by atoms with E-state index < -0.39 is 0 Å². The van der Waals surface area contributed by atoms with E-state index in [0.29, 0.717) is 11.8 Å². The van der Waals surface area contributed by atoms with Gasteiger partial charge in [0.05, 0.1) is 22.1 Å². The molecule has 1 aliphatic carbocycles. The normalized spacial score (nSPS) is 15.1. The van der Waals surface area contributed by atoms with Gasteiger partial charge in [0.25, 0.3) is 0 Å². The number of rotatable bonds is 4. The van der Waals surface area contributed by atoms with E-state index in [1.54, 1.807) is 0 Å². The van der Waals surface area contributed by atoms with Crippen molar-refractivity contribution in [2.24, 2.45) is 0 Å². The summed E-state index contributed by atoms with van der Waals surface area (Å²) in [6, 6.07) is 59.7. The molecule has 0 bridgehead atoms. The van der Waals surface area contributed by atoms with Crippen molar-refractivity contribution in [1.82, 2.24) is 9.13 Å². The molecule has 0 N–H and O–H groups in total. The van der Waals surface area contributed by atoms with Gasteiger partial charge in [0.2, 0.25) is 0 Å². The zero-order valence-corrected chi connectivity index (χ0v) is 34.1. The van der Waals surface area contributed by atoms with Gasteiger partial charge in [-0.3, -0.25) is 0 Å². The maximum absolute atomic E-state index is 2.54. The van der Waals surface area contributed by atoms with Crippen LogP contribution >= 0.6 is 0 Å². The summed E-state index contributed by atoms with van der Waals surface area (Å²) in [4.78, 5) is 0. The van der Waals surface area contributed by atoms with Crippen molar-refractivity contribution >= 4 is 43.6 Å². The first-order chi connectivity index (χ1) is 28.2. The first-order valence-corrected chi connectivity index (χ1v) is 20.7. The SMILES string of the molecule is Cc1cc(C)cc(-c2ccc3c(c2)c2cc4c(cc2n3-c2ccccc2)-c2ccc3c5cc(-c6cc(C)cc(C)c6)ccc5n(-c5ccccc5)c3c2C(C)C4C)c1. The third kappa shape index (κ3) is 5.24. The molecule has 0 fully saturated rings. The number of hydrogen-bond acceptors (Lipinski definition) is 0. The van der Waals surface area contributed by atoms with Gasteiger partial charge in [0.1, 0.15) is 0 Å². The number of hydrogen-bond donors (Lipinski definition) is 0. The second-order valence-corrected chi connectivity index (χ2v) is 17.0. The smallest absolute Gasteiger partial charge is 0.0582 e. The molecule has 0 spiro atoms. The number of aromatic nitrogens is 2. The second kappa shape index (κ2) is 12.9. The average Bonchev–Trinajstić information content (AvgIpc) is 3.73. The Morgan fingerprint density at radius 3 is 1.43 bits per heavy atom. The molecule has 1 aliphatic rings. The number of benzene rings is 8. The fraction of sp³-hybridized carbons (Fsp3) is 0.143. The molecule has 0 aliphatic heterocycles. The monoisotopic (exact) mass is 746 g/mol. The van der Waals surface area contributed by atoms with E-state index in [0.717, 1.165) is 0 Å². The van der Waals surface area contributed by atoms with Crippen molar-refractivity contribution < 1.29 is 0 Å². The second-order valence-electron chi connectivity index (χ2n) is 17.0. The summed E-state index contributed by atoms with van der Waals surface area (Å²) >= 11 is 0. The Balaban J connectivity index is 1.20. The topological polar surface area (TPSA) is 9.86 Å². The van der Waals surface area contributed by atoms with E-state index in [1.807, 2.05) is 0 Å². The molecule has 2 heterocycles. The van der Waals surface area contributed by atoms with Gasteiger partial charge in [-0.25, -0.2) is 0 Å². The van der Waals surface area contributed by atoms with Gasteiger partial charge in [-0.15, -0.1) is 0 Å². The average molecular weight is 747 g/mol. The lowest BCUT2D eigenvalue weighted by atomic mass is 9.72. The Morgan fingerprint density at radius 2 is 0.862 bits per heavy atom. The predicted molar refractivity (Wildman–Crippen MR) is 247 cm³/mol. The fourth-order valence-corrected chi connectivity index (χ4v) is 10.4. The third-order valence-corrected chi connectivity index (χ3v) is 13.0. The van der Waals surface area contributed by atoms with E-state index in [4.69, 9.17) is 0 Å². The summed E-state index contributed by atoms with van der Waals surface area (Å²) in [6.45, 7) is 13.7.